The fraction of sp³-hybridized carbons (Fsp3) is 0.650. The van der Waals surface area contributed by atoms with Crippen LogP contribution in [0, 0.1) is 11.8 Å². The number of carbonyl (C=O) groups excluding carboxylic acids is 1. The minimum atomic E-state index is -0.864. The third-order valence-corrected chi connectivity index (χ3v) is 6.65. The number of fused-ring (bicyclic) bond motifs is 2. The molecule has 1 aromatic rings. The Hall–Kier alpha value is -1.47. The van der Waals surface area contributed by atoms with Crippen molar-refractivity contribution < 1.29 is 24.0 Å². The van der Waals surface area contributed by atoms with Crippen LogP contribution in [0.5, 0.6) is 0 Å². The number of esters is 1. The lowest BCUT2D eigenvalue weighted by Crippen LogP contribution is -2.74. The standard InChI is InChI=1S/C20H25NO5/c1-13-15-9-11-21(12-14-6-4-3-5-7-14)16-8-10-19(2)24-18(23-17(13)22)20(15,16)26-25-19/h3-7,13,15-16,18H,8-12H2,1-2H3/t13-,15+,16-,18-,19-,20-/m1/s1. The van der Waals surface area contributed by atoms with Crippen LogP contribution in [0.1, 0.15) is 38.7 Å². The van der Waals surface area contributed by atoms with Crippen molar-refractivity contribution in [2.75, 3.05) is 6.54 Å². The van der Waals surface area contributed by atoms with Crippen LogP contribution in [0.4, 0.5) is 0 Å². The van der Waals surface area contributed by atoms with Gasteiger partial charge in [0.15, 0.2) is 5.60 Å². The average Bonchev–Trinajstić information content (AvgIpc) is 2.86. The van der Waals surface area contributed by atoms with E-state index in [4.69, 9.17) is 19.2 Å². The van der Waals surface area contributed by atoms with Crippen molar-refractivity contribution >= 4 is 5.97 Å². The Morgan fingerprint density at radius 2 is 2.00 bits per heavy atom. The van der Waals surface area contributed by atoms with Gasteiger partial charge in [-0.15, -0.1) is 0 Å². The molecule has 6 heteroatoms. The van der Waals surface area contributed by atoms with Crippen molar-refractivity contribution in [3.05, 3.63) is 35.9 Å². The first-order valence-electron chi connectivity index (χ1n) is 9.55. The van der Waals surface area contributed by atoms with Gasteiger partial charge in [-0.25, -0.2) is 9.78 Å². The van der Waals surface area contributed by atoms with E-state index in [0.717, 1.165) is 25.9 Å². The lowest BCUT2D eigenvalue weighted by Gasteiger charge is -2.58. The minimum Gasteiger partial charge on any atom is -0.432 e. The zero-order valence-electron chi connectivity index (χ0n) is 15.2. The summed E-state index contributed by atoms with van der Waals surface area (Å²) in [7, 11) is 0. The van der Waals surface area contributed by atoms with E-state index in [-0.39, 0.29) is 23.8 Å². The van der Waals surface area contributed by atoms with Crippen LogP contribution in [-0.2, 0) is 30.6 Å². The van der Waals surface area contributed by atoms with Gasteiger partial charge < -0.3 is 9.47 Å². The SMILES string of the molecule is C[C@H]1C(=O)O[C@@H]2O[C@@]3(C)CC[C@H]4N(Cc5ccccc5)CC[C@@H]1[C@]24OO3. The van der Waals surface area contributed by atoms with Crippen LogP contribution in [0.25, 0.3) is 0 Å². The summed E-state index contributed by atoms with van der Waals surface area (Å²) < 4.78 is 11.8. The largest absolute Gasteiger partial charge is 0.432 e. The van der Waals surface area contributed by atoms with Crippen molar-refractivity contribution in [1.29, 1.82) is 0 Å². The molecule has 5 fully saturated rings. The van der Waals surface area contributed by atoms with Gasteiger partial charge in [0.05, 0.1) is 5.92 Å². The van der Waals surface area contributed by atoms with Gasteiger partial charge in [0.25, 0.3) is 0 Å². The number of likely N-dealkylation sites (tertiary alicyclic amines) is 1. The predicted molar refractivity (Wildman–Crippen MR) is 91.4 cm³/mol. The molecule has 1 aromatic carbocycles. The quantitative estimate of drug-likeness (QED) is 0.598. The van der Waals surface area contributed by atoms with E-state index in [9.17, 15) is 4.79 Å². The molecule has 5 aliphatic heterocycles. The Labute approximate surface area is 153 Å². The molecule has 1 spiro atoms. The smallest absolute Gasteiger partial charge is 0.311 e. The highest BCUT2D eigenvalue weighted by molar-refractivity contribution is 5.74. The summed E-state index contributed by atoms with van der Waals surface area (Å²) in [4.78, 5) is 26.7. The zero-order chi connectivity index (χ0) is 17.9. The van der Waals surface area contributed by atoms with Crippen LogP contribution < -0.4 is 0 Å². The lowest BCUT2D eigenvalue weighted by atomic mass is 9.67. The predicted octanol–water partition coefficient (Wildman–Crippen LogP) is 2.62. The third-order valence-electron chi connectivity index (χ3n) is 6.65. The highest BCUT2D eigenvalue weighted by atomic mass is 17.3. The molecular formula is C20H25NO5. The molecule has 6 nitrogen and oxygen atoms in total. The Morgan fingerprint density at radius 3 is 2.81 bits per heavy atom. The van der Waals surface area contributed by atoms with Gasteiger partial charge in [-0.05, 0) is 31.9 Å². The van der Waals surface area contributed by atoms with Gasteiger partial charge in [-0.2, -0.15) is 0 Å². The van der Waals surface area contributed by atoms with Gasteiger partial charge in [-0.3, -0.25) is 9.69 Å². The number of hydrogen-bond donors (Lipinski definition) is 0. The summed E-state index contributed by atoms with van der Waals surface area (Å²) in [5.41, 5.74) is 0.516. The molecular weight excluding hydrogens is 334 g/mol. The maximum absolute atomic E-state index is 12.4. The Morgan fingerprint density at radius 1 is 1.19 bits per heavy atom. The average molecular weight is 359 g/mol. The van der Waals surface area contributed by atoms with E-state index in [1.54, 1.807) is 0 Å². The summed E-state index contributed by atoms with van der Waals surface area (Å²) in [5.74, 6) is -1.24. The molecule has 0 aromatic heterocycles. The van der Waals surface area contributed by atoms with Gasteiger partial charge in [0.1, 0.15) is 0 Å². The molecule has 0 amide bonds. The molecule has 0 aliphatic carbocycles. The summed E-state index contributed by atoms with van der Waals surface area (Å²) in [6.45, 7) is 5.56. The van der Waals surface area contributed by atoms with Crippen LogP contribution in [0.2, 0.25) is 0 Å². The van der Waals surface area contributed by atoms with E-state index in [1.807, 2.05) is 19.9 Å². The molecule has 5 heterocycles. The molecule has 2 bridgehead atoms. The minimum absolute atomic E-state index is 0.0356. The summed E-state index contributed by atoms with van der Waals surface area (Å²) in [6, 6.07) is 10.5. The fourth-order valence-electron chi connectivity index (χ4n) is 5.25. The zero-order valence-corrected chi connectivity index (χ0v) is 15.2. The number of piperidine rings is 1. The van der Waals surface area contributed by atoms with Crippen LogP contribution in [-0.4, -0.2) is 41.1 Å². The molecule has 5 aliphatic rings. The maximum atomic E-state index is 12.4. The molecule has 0 saturated carbocycles. The first kappa shape index (κ1) is 16.7. The number of rotatable bonds is 2. The highest BCUT2D eigenvalue weighted by Crippen LogP contribution is 2.55. The van der Waals surface area contributed by atoms with Gasteiger partial charge in [0.2, 0.25) is 12.1 Å². The van der Waals surface area contributed by atoms with Crippen molar-refractivity contribution in [1.82, 2.24) is 4.90 Å². The van der Waals surface area contributed by atoms with E-state index in [0.29, 0.717) is 6.42 Å². The molecule has 140 valence electrons. The number of benzene rings is 1. The molecule has 0 unspecified atom stereocenters. The van der Waals surface area contributed by atoms with E-state index < -0.39 is 17.7 Å². The second kappa shape index (κ2) is 5.76. The summed E-state index contributed by atoms with van der Waals surface area (Å²) in [6.07, 6.45) is 1.75. The van der Waals surface area contributed by atoms with Crippen LogP contribution in [0.3, 0.4) is 0 Å². The number of hydrogen-bond acceptors (Lipinski definition) is 6. The fourth-order valence-corrected chi connectivity index (χ4v) is 5.25. The van der Waals surface area contributed by atoms with Crippen molar-refractivity contribution in [2.24, 2.45) is 11.8 Å². The molecule has 26 heavy (non-hydrogen) atoms. The topological polar surface area (TPSA) is 57.2 Å². The monoisotopic (exact) mass is 359 g/mol. The van der Waals surface area contributed by atoms with Crippen molar-refractivity contribution in [3.8, 4) is 0 Å². The molecule has 0 radical (unpaired) electrons. The first-order chi connectivity index (χ1) is 12.5. The normalized spacial score (nSPS) is 44.9. The number of nitrogens with zero attached hydrogens (tertiary/aromatic N) is 1. The van der Waals surface area contributed by atoms with E-state index in [2.05, 4.69) is 29.2 Å². The Bertz CT molecular complexity index is 711. The molecule has 0 N–H and O–H groups in total. The van der Waals surface area contributed by atoms with Crippen LogP contribution >= 0.6 is 0 Å². The highest BCUT2D eigenvalue weighted by Gasteiger charge is 2.70. The lowest BCUT2D eigenvalue weighted by molar-refractivity contribution is -0.557. The number of carbonyl (C=O) groups is 1. The second-order valence-corrected chi connectivity index (χ2v) is 8.24. The Balaban J connectivity index is 1.54. The van der Waals surface area contributed by atoms with Crippen molar-refractivity contribution in [2.45, 2.75) is 63.4 Å². The molecule has 6 atom stereocenters. The Kier molecular flexibility index (Phi) is 3.70. The van der Waals surface area contributed by atoms with Gasteiger partial charge in [-0.1, -0.05) is 37.3 Å². The van der Waals surface area contributed by atoms with E-state index in [1.165, 1.54) is 5.56 Å². The summed E-state index contributed by atoms with van der Waals surface area (Å²) in [5, 5.41) is 0. The third kappa shape index (κ3) is 2.29. The molecule has 6 rings (SSSR count). The molecule has 5 saturated heterocycles. The van der Waals surface area contributed by atoms with Crippen LogP contribution in [0.15, 0.2) is 30.3 Å². The summed E-state index contributed by atoms with van der Waals surface area (Å²) >= 11 is 0. The second-order valence-electron chi connectivity index (χ2n) is 8.24. The number of ether oxygens (including phenoxy) is 2. The maximum Gasteiger partial charge on any atom is 0.311 e. The first-order valence-corrected chi connectivity index (χ1v) is 9.55. The van der Waals surface area contributed by atoms with Gasteiger partial charge in [0, 0.05) is 24.9 Å². The van der Waals surface area contributed by atoms with Gasteiger partial charge >= 0.3 is 5.97 Å². The van der Waals surface area contributed by atoms with Crippen molar-refractivity contribution in [3.63, 3.8) is 0 Å². The van der Waals surface area contributed by atoms with E-state index >= 15 is 0 Å².